The Kier molecular flexibility index (Phi) is 7.58. The Balaban J connectivity index is 1.71. The molecular weight excluding hydrogens is 380 g/mol. The average molecular weight is 415 g/mol. The SMILES string of the molecule is COc1ccc(O)c(CN2CCN(Cc3ccc(OC)c(C)c3C)C(CCO)C2)c1. The molecule has 0 radical (unpaired) electrons. The fourth-order valence-electron chi connectivity index (χ4n) is 4.25. The van der Waals surface area contributed by atoms with Crippen LogP contribution in [0.1, 0.15) is 28.7 Å². The first-order valence-corrected chi connectivity index (χ1v) is 10.5. The third-order valence-corrected chi connectivity index (χ3v) is 6.27. The number of nitrogens with zero attached hydrogens (tertiary/aromatic N) is 2. The van der Waals surface area contributed by atoms with E-state index in [-0.39, 0.29) is 12.6 Å². The number of hydrogen-bond acceptors (Lipinski definition) is 6. The predicted octanol–water partition coefficient (Wildman–Crippen LogP) is 3.10. The molecule has 0 aliphatic carbocycles. The number of rotatable bonds is 8. The van der Waals surface area contributed by atoms with Gasteiger partial charge in [0.2, 0.25) is 0 Å². The van der Waals surface area contributed by atoms with E-state index in [9.17, 15) is 10.2 Å². The molecule has 6 heteroatoms. The minimum absolute atomic E-state index is 0.167. The van der Waals surface area contributed by atoms with E-state index in [1.807, 2.05) is 12.1 Å². The molecule has 6 nitrogen and oxygen atoms in total. The molecule has 2 aromatic rings. The lowest BCUT2D eigenvalue weighted by molar-refractivity contribution is 0.0495. The van der Waals surface area contributed by atoms with E-state index < -0.39 is 0 Å². The number of piperazine rings is 1. The van der Waals surface area contributed by atoms with Gasteiger partial charge < -0.3 is 19.7 Å². The van der Waals surface area contributed by atoms with Gasteiger partial charge in [-0.15, -0.1) is 0 Å². The van der Waals surface area contributed by atoms with Crippen LogP contribution in [0, 0.1) is 13.8 Å². The molecular formula is C24H34N2O4. The summed E-state index contributed by atoms with van der Waals surface area (Å²) in [5, 5.41) is 19.9. The first kappa shape index (κ1) is 22.4. The van der Waals surface area contributed by atoms with Crippen LogP contribution in [0.2, 0.25) is 0 Å². The molecule has 0 spiro atoms. The molecule has 1 unspecified atom stereocenters. The van der Waals surface area contributed by atoms with Crippen molar-refractivity contribution >= 4 is 0 Å². The highest BCUT2D eigenvalue weighted by molar-refractivity contribution is 5.43. The average Bonchev–Trinajstić information content (AvgIpc) is 2.75. The van der Waals surface area contributed by atoms with E-state index in [0.29, 0.717) is 12.3 Å². The van der Waals surface area contributed by atoms with Gasteiger partial charge in [-0.25, -0.2) is 0 Å². The van der Waals surface area contributed by atoms with E-state index in [2.05, 4.69) is 29.7 Å². The third kappa shape index (κ3) is 5.06. The summed E-state index contributed by atoms with van der Waals surface area (Å²) in [6, 6.07) is 9.80. The lowest BCUT2D eigenvalue weighted by Crippen LogP contribution is -2.52. The molecule has 0 aromatic heterocycles. The van der Waals surface area contributed by atoms with Crippen molar-refractivity contribution in [3.8, 4) is 17.2 Å². The second kappa shape index (κ2) is 10.2. The van der Waals surface area contributed by atoms with Crippen molar-refractivity contribution < 1.29 is 19.7 Å². The van der Waals surface area contributed by atoms with Crippen molar-refractivity contribution in [2.24, 2.45) is 0 Å². The third-order valence-electron chi connectivity index (χ3n) is 6.27. The maximum atomic E-state index is 10.2. The molecule has 1 heterocycles. The van der Waals surface area contributed by atoms with Crippen LogP contribution in [-0.2, 0) is 13.1 Å². The monoisotopic (exact) mass is 414 g/mol. The summed E-state index contributed by atoms with van der Waals surface area (Å²) in [5.74, 6) is 1.96. The second-order valence-corrected chi connectivity index (χ2v) is 8.04. The van der Waals surface area contributed by atoms with Gasteiger partial charge in [0.25, 0.3) is 0 Å². The maximum absolute atomic E-state index is 10.2. The van der Waals surface area contributed by atoms with E-state index in [1.54, 1.807) is 26.4 Å². The summed E-state index contributed by atoms with van der Waals surface area (Å²) in [7, 11) is 3.34. The molecule has 0 amide bonds. The standard InChI is InChI=1S/C24H34N2O4/c1-17-18(2)24(30-4)8-5-19(17)15-26-11-10-25(16-21(26)9-12-27)14-20-13-22(29-3)6-7-23(20)28/h5-8,13,21,27-28H,9-12,14-16H2,1-4H3. The zero-order chi connectivity index (χ0) is 21.7. The fraction of sp³-hybridized carbons (Fsp3) is 0.500. The number of ether oxygens (including phenoxy) is 2. The Labute approximate surface area is 179 Å². The van der Waals surface area contributed by atoms with Gasteiger partial charge in [-0.1, -0.05) is 6.07 Å². The van der Waals surface area contributed by atoms with Gasteiger partial charge in [0, 0.05) is 50.9 Å². The molecule has 30 heavy (non-hydrogen) atoms. The normalized spacial score (nSPS) is 17.8. The van der Waals surface area contributed by atoms with E-state index >= 15 is 0 Å². The molecule has 0 saturated carbocycles. The van der Waals surface area contributed by atoms with Gasteiger partial charge in [0.05, 0.1) is 14.2 Å². The number of methoxy groups -OCH3 is 2. The lowest BCUT2D eigenvalue weighted by atomic mass is 10.00. The second-order valence-electron chi connectivity index (χ2n) is 8.04. The molecule has 1 aliphatic heterocycles. The van der Waals surface area contributed by atoms with Crippen molar-refractivity contribution in [3.63, 3.8) is 0 Å². The highest BCUT2D eigenvalue weighted by Gasteiger charge is 2.27. The number of benzene rings is 2. The number of hydrogen-bond donors (Lipinski definition) is 2. The molecule has 2 N–H and O–H groups in total. The number of aromatic hydroxyl groups is 1. The fourth-order valence-corrected chi connectivity index (χ4v) is 4.25. The smallest absolute Gasteiger partial charge is 0.122 e. The summed E-state index contributed by atoms with van der Waals surface area (Å²) in [6.07, 6.45) is 0.731. The largest absolute Gasteiger partial charge is 0.508 e. The van der Waals surface area contributed by atoms with Crippen LogP contribution in [0.5, 0.6) is 17.2 Å². The summed E-state index contributed by atoms with van der Waals surface area (Å²) < 4.78 is 10.7. The number of aliphatic hydroxyl groups excluding tert-OH is 1. The Bertz CT molecular complexity index is 855. The molecule has 164 valence electrons. The highest BCUT2D eigenvalue weighted by Crippen LogP contribution is 2.28. The number of aliphatic hydroxyl groups is 1. The first-order chi connectivity index (χ1) is 14.5. The minimum Gasteiger partial charge on any atom is -0.508 e. The van der Waals surface area contributed by atoms with Crippen molar-refractivity contribution in [2.45, 2.75) is 39.4 Å². The van der Waals surface area contributed by atoms with Gasteiger partial charge in [-0.2, -0.15) is 0 Å². The summed E-state index contributed by atoms with van der Waals surface area (Å²) in [6.45, 7) is 8.62. The first-order valence-electron chi connectivity index (χ1n) is 10.5. The number of phenolic OH excluding ortho intramolecular Hbond substituents is 1. The quantitative estimate of drug-likeness (QED) is 0.692. The Morgan fingerprint density at radius 1 is 0.967 bits per heavy atom. The summed E-state index contributed by atoms with van der Waals surface area (Å²) >= 11 is 0. The summed E-state index contributed by atoms with van der Waals surface area (Å²) in [4.78, 5) is 4.81. The molecule has 1 aliphatic rings. The van der Waals surface area contributed by atoms with Gasteiger partial charge in [0.1, 0.15) is 17.2 Å². The Morgan fingerprint density at radius 3 is 2.47 bits per heavy atom. The molecule has 1 fully saturated rings. The van der Waals surface area contributed by atoms with Crippen molar-refractivity contribution in [1.29, 1.82) is 0 Å². The van der Waals surface area contributed by atoms with Crippen molar-refractivity contribution in [1.82, 2.24) is 9.80 Å². The number of phenols is 1. The predicted molar refractivity (Wildman–Crippen MR) is 118 cm³/mol. The van der Waals surface area contributed by atoms with E-state index in [4.69, 9.17) is 9.47 Å². The Hall–Kier alpha value is -2.28. The van der Waals surface area contributed by atoms with Crippen LogP contribution < -0.4 is 9.47 Å². The van der Waals surface area contributed by atoms with Gasteiger partial charge >= 0.3 is 0 Å². The van der Waals surface area contributed by atoms with E-state index in [1.165, 1.54) is 16.7 Å². The molecule has 1 atom stereocenters. The van der Waals surface area contributed by atoms with E-state index in [0.717, 1.165) is 49.7 Å². The van der Waals surface area contributed by atoms with Crippen LogP contribution in [0.15, 0.2) is 30.3 Å². The van der Waals surface area contributed by atoms with Crippen molar-refractivity contribution in [2.75, 3.05) is 40.5 Å². The van der Waals surface area contributed by atoms with Gasteiger partial charge in [-0.05, 0) is 61.2 Å². The highest BCUT2D eigenvalue weighted by atomic mass is 16.5. The van der Waals surface area contributed by atoms with Crippen molar-refractivity contribution in [3.05, 3.63) is 52.6 Å². The van der Waals surface area contributed by atoms with Crippen LogP contribution in [-0.4, -0.2) is 66.5 Å². The molecule has 2 aromatic carbocycles. The van der Waals surface area contributed by atoms with Gasteiger partial charge in [0.15, 0.2) is 0 Å². The molecule has 1 saturated heterocycles. The Morgan fingerprint density at radius 2 is 1.77 bits per heavy atom. The minimum atomic E-state index is 0.167. The van der Waals surface area contributed by atoms with Crippen LogP contribution in [0.25, 0.3) is 0 Å². The molecule has 3 rings (SSSR count). The maximum Gasteiger partial charge on any atom is 0.122 e. The topological polar surface area (TPSA) is 65.4 Å². The van der Waals surface area contributed by atoms with Crippen LogP contribution in [0.4, 0.5) is 0 Å². The van der Waals surface area contributed by atoms with Crippen LogP contribution in [0.3, 0.4) is 0 Å². The summed E-state index contributed by atoms with van der Waals surface area (Å²) in [5.41, 5.74) is 4.61. The van der Waals surface area contributed by atoms with Gasteiger partial charge in [-0.3, -0.25) is 9.80 Å². The zero-order valence-electron chi connectivity index (χ0n) is 18.5. The van der Waals surface area contributed by atoms with Crippen LogP contribution >= 0.6 is 0 Å². The molecule has 0 bridgehead atoms. The zero-order valence-corrected chi connectivity index (χ0v) is 18.5. The lowest BCUT2D eigenvalue weighted by Gasteiger charge is -2.42.